The molecule has 0 saturated carbocycles. The van der Waals surface area contributed by atoms with Crippen LogP contribution in [0.4, 0.5) is 23.1 Å². The van der Waals surface area contributed by atoms with Gasteiger partial charge in [0.15, 0.2) is 0 Å². The summed E-state index contributed by atoms with van der Waals surface area (Å²) in [6.45, 7) is 0. The van der Waals surface area contributed by atoms with Crippen molar-refractivity contribution in [3.8, 4) is 17.6 Å². The first-order chi connectivity index (χ1) is 13.1. The van der Waals surface area contributed by atoms with Crippen molar-refractivity contribution in [1.82, 2.24) is 9.97 Å². The Bertz CT molecular complexity index is 1000. The minimum atomic E-state index is 0.345. The summed E-state index contributed by atoms with van der Waals surface area (Å²) in [7, 11) is 3.08. The van der Waals surface area contributed by atoms with Crippen LogP contribution in [0, 0.1) is 11.3 Å². The van der Waals surface area contributed by atoms with E-state index in [4.69, 9.17) is 21.1 Å². The lowest BCUT2D eigenvalue weighted by Gasteiger charge is -2.14. The fourth-order valence-electron chi connectivity index (χ4n) is 2.39. The largest absolute Gasteiger partial charge is 0.495 e. The molecule has 8 heteroatoms. The van der Waals surface area contributed by atoms with Crippen LogP contribution in [0.15, 0.2) is 48.7 Å². The number of nitrogens with one attached hydrogen (secondary N) is 2. The quantitative estimate of drug-likeness (QED) is 0.649. The molecule has 0 atom stereocenters. The molecule has 3 aromatic rings. The van der Waals surface area contributed by atoms with Crippen molar-refractivity contribution in [2.45, 2.75) is 0 Å². The molecule has 3 rings (SSSR count). The highest BCUT2D eigenvalue weighted by Gasteiger charge is 2.12. The lowest BCUT2D eigenvalue weighted by Crippen LogP contribution is -2.02. The summed E-state index contributed by atoms with van der Waals surface area (Å²) in [4.78, 5) is 8.64. The number of anilines is 4. The van der Waals surface area contributed by atoms with E-state index in [0.29, 0.717) is 45.2 Å². The molecule has 0 aliphatic heterocycles. The molecule has 0 fully saturated rings. The van der Waals surface area contributed by atoms with Gasteiger partial charge in [-0.05, 0) is 18.2 Å². The maximum absolute atomic E-state index is 9.20. The average Bonchev–Trinajstić information content (AvgIpc) is 2.69. The van der Waals surface area contributed by atoms with Gasteiger partial charge in [-0.3, -0.25) is 0 Å². The van der Waals surface area contributed by atoms with Crippen molar-refractivity contribution < 1.29 is 9.47 Å². The van der Waals surface area contributed by atoms with E-state index in [0.717, 1.165) is 0 Å². The fourth-order valence-corrected chi connectivity index (χ4v) is 2.63. The molecule has 1 aromatic heterocycles. The second kappa shape index (κ2) is 8.25. The second-order valence-electron chi connectivity index (χ2n) is 5.36. The van der Waals surface area contributed by atoms with E-state index in [2.05, 4.69) is 26.7 Å². The van der Waals surface area contributed by atoms with Gasteiger partial charge in [-0.2, -0.15) is 10.2 Å². The van der Waals surface area contributed by atoms with E-state index in [1.165, 1.54) is 7.11 Å². The third-order valence-electron chi connectivity index (χ3n) is 3.69. The highest BCUT2D eigenvalue weighted by molar-refractivity contribution is 6.32. The van der Waals surface area contributed by atoms with Gasteiger partial charge in [0.2, 0.25) is 5.95 Å². The number of aromatic nitrogens is 2. The third kappa shape index (κ3) is 4.19. The van der Waals surface area contributed by atoms with E-state index >= 15 is 0 Å². The van der Waals surface area contributed by atoms with E-state index in [1.54, 1.807) is 49.7 Å². The van der Waals surface area contributed by atoms with Crippen LogP contribution in [0.2, 0.25) is 5.02 Å². The van der Waals surface area contributed by atoms with Gasteiger partial charge in [0.1, 0.15) is 23.4 Å². The minimum Gasteiger partial charge on any atom is -0.495 e. The van der Waals surface area contributed by atoms with E-state index in [9.17, 15) is 5.26 Å². The number of nitrogens with zero attached hydrogens (tertiary/aromatic N) is 3. The zero-order chi connectivity index (χ0) is 19.2. The fraction of sp³-hybridized carbons (Fsp3) is 0.105. The van der Waals surface area contributed by atoms with Crippen LogP contribution in [0.5, 0.6) is 11.5 Å². The van der Waals surface area contributed by atoms with Gasteiger partial charge < -0.3 is 20.1 Å². The third-order valence-corrected chi connectivity index (χ3v) is 3.98. The number of hydrogen-bond donors (Lipinski definition) is 2. The molecule has 7 nitrogen and oxygen atoms in total. The molecule has 0 unspecified atom stereocenters. The molecule has 0 aliphatic rings. The number of hydrogen-bond acceptors (Lipinski definition) is 7. The van der Waals surface area contributed by atoms with Gasteiger partial charge in [-0.25, -0.2) is 4.98 Å². The molecular weight excluding hydrogens is 366 g/mol. The number of rotatable bonds is 6. The highest BCUT2D eigenvalue weighted by atomic mass is 35.5. The van der Waals surface area contributed by atoms with Crippen molar-refractivity contribution in [1.29, 1.82) is 5.26 Å². The molecule has 2 aromatic carbocycles. The van der Waals surface area contributed by atoms with Gasteiger partial charge in [0, 0.05) is 18.3 Å². The van der Waals surface area contributed by atoms with Crippen LogP contribution >= 0.6 is 11.6 Å². The van der Waals surface area contributed by atoms with Crippen molar-refractivity contribution >= 4 is 34.7 Å². The molecule has 1 heterocycles. The Balaban J connectivity index is 1.88. The van der Waals surface area contributed by atoms with Crippen molar-refractivity contribution in [3.63, 3.8) is 0 Å². The molecule has 0 amide bonds. The number of methoxy groups -OCH3 is 2. The number of halogens is 1. The Kier molecular flexibility index (Phi) is 5.59. The molecule has 0 saturated heterocycles. The zero-order valence-electron chi connectivity index (χ0n) is 14.7. The summed E-state index contributed by atoms with van der Waals surface area (Å²) in [5.74, 6) is 1.90. The zero-order valence-corrected chi connectivity index (χ0v) is 15.4. The Hall–Kier alpha value is -3.50. The maximum atomic E-state index is 9.20. The number of nitriles is 1. The predicted octanol–water partition coefficient (Wildman–Crippen LogP) is 4.51. The summed E-state index contributed by atoms with van der Waals surface area (Å²) < 4.78 is 10.6. The molecule has 0 spiro atoms. The predicted molar refractivity (Wildman–Crippen MR) is 104 cm³/mol. The van der Waals surface area contributed by atoms with Crippen LogP contribution in [-0.2, 0) is 0 Å². The van der Waals surface area contributed by atoms with Gasteiger partial charge >= 0.3 is 0 Å². The van der Waals surface area contributed by atoms with Crippen LogP contribution < -0.4 is 20.1 Å². The normalized spacial score (nSPS) is 10.0. The van der Waals surface area contributed by atoms with Crippen LogP contribution in [0.3, 0.4) is 0 Å². The smallest absolute Gasteiger partial charge is 0.229 e. The van der Waals surface area contributed by atoms with Crippen molar-refractivity contribution in [2.24, 2.45) is 0 Å². The Labute approximate surface area is 161 Å². The number of benzene rings is 2. The van der Waals surface area contributed by atoms with Gasteiger partial charge in [-0.1, -0.05) is 23.7 Å². The second-order valence-corrected chi connectivity index (χ2v) is 5.77. The number of ether oxygens (including phenoxy) is 2. The first-order valence-corrected chi connectivity index (χ1v) is 8.30. The van der Waals surface area contributed by atoms with E-state index in [1.807, 2.05) is 6.07 Å². The lowest BCUT2D eigenvalue weighted by molar-refractivity contribution is 0.405. The maximum Gasteiger partial charge on any atom is 0.229 e. The van der Waals surface area contributed by atoms with Crippen LogP contribution in [0.25, 0.3) is 0 Å². The van der Waals surface area contributed by atoms with Crippen LogP contribution in [-0.4, -0.2) is 24.2 Å². The molecule has 27 heavy (non-hydrogen) atoms. The standard InChI is InChI=1S/C19H16ClN5O2/c1-26-16-10-15(17(27-2)9-13(16)20)24-19-22-8-7-18(25-19)23-14-6-4-3-5-12(14)11-21/h3-10H,1-2H3,(H2,22,23,24,25). The summed E-state index contributed by atoms with van der Waals surface area (Å²) >= 11 is 6.13. The Morgan fingerprint density at radius 2 is 1.78 bits per heavy atom. The monoisotopic (exact) mass is 381 g/mol. The summed E-state index contributed by atoms with van der Waals surface area (Å²) in [5, 5.41) is 15.8. The van der Waals surface area contributed by atoms with Crippen molar-refractivity contribution in [2.75, 3.05) is 24.9 Å². The Morgan fingerprint density at radius 1 is 1.00 bits per heavy atom. The molecule has 0 aliphatic carbocycles. The minimum absolute atomic E-state index is 0.345. The molecule has 0 bridgehead atoms. The summed E-state index contributed by atoms with van der Waals surface area (Å²) in [6, 6.07) is 14.4. The lowest BCUT2D eigenvalue weighted by atomic mass is 10.2. The topological polar surface area (TPSA) is 92.1 Å². The van der Waals surface area contributed by atoms with Gasteiger partial charge in [0.25, 0.3) is 0 Å². The first-order valence-electron chi connectivity index (χ1n) is 7.92. The van der Waals surface area contributed by atoms with Gasteiger partial charge in [0.05, 0.1) is 36.2 Å². The molecule has 0 radical (unpaired) electrons. The molecular formula is C19H16ClN5O2. The molecule has 2 N–H and O–H groups in total. The Morgan fingerprint density at radius 3 is 2.52 bits per heavy atom. The van der Waals surface area contributed by atoms with Crippen LogP contribution in [0.1, 0.15) is 5.56 Å². The van der Waals surface area contributed by atoms with Crippen molar-refractivity contribution in [3.05, 3.63) is 59.2 Å². The highest BCUT2D eigenvalue weighted by Crippen LogP contribution is 2.37. The SMILES string of the molecule is COc1cc(Nc2nccc(Nc3ccccc3C#N)n2)c(OC)cc1Cl. The van der Waals surface area contributed by atoms with E-state index < -0.39 is 0 Å². The van der Waals surface area contributed by atoms with Gasteiger partial charge in [-0.15, -0.1) is 0 Å². The molecule has 136 valence electrons. The van der Waals surface area contributed by atoms with E-state index in [-0.39, 0.29) is 0 Å². The number of para-hydroxylation sites is 1. The first kappa shape index (κ1) is 18.3. The summed E-state index contributed by atoms with van der Waals surface area (Å²) in [5.41, 5.74) is 1.79. The average molecular weight is 382 g/mol. The summed E-state index contributed by atoms with van der Waals surface area (Å²) in [6.07, 6.45) is 1.60.